The number of nitrogen functional groups attached to an aromatic ring is 1. The minimum atomic E-state index is 0.300. The number of hydrogen-bond acceptors (Lipinski definition) is 3. The molecule has 2 aromatic carbocycles. The molecule has 1 unspecified atom stereocenters. The van der Waals surface area contributed by atoms with Crippen LogP contribution in [0.2, 0.25) is 0 Å². The van der Waals surface area contributed by atoms with Crippen molar-refractivity contribution in [2.75, 3.05) is 19.6 Å². The molecule has 3 rings (SSSR count). The normalized spacial score (nSPS) is 16.6. The molecule has 1 aliphatic carbocycles. The summed E-state index contributed by atoms with van der Waals surface area (Å²) < 4.78 is 11.0. The Kier molecular flexibility index (Phi) is 5.33. The second kappa shape index (κ2) is 7.49. The van der Waals surface area contributed by atoms with Crippen molar-refractivity contribution in [2.24, 2.45) is 0 Å². The lowest BCUT2D eigenvalue weighted by molar-refractivity contribution is 0.0500. The maximum Gasteiger partial charge on any atom is 0.188 e. The SMILES string of the molecule is COCOc1ccc(Cc2c(C)cc(N)cc2C)c2c1C(C)CCC2. The van der Waals surface area contributed by atoms with Gasteiger partial charge in [0.15, 0.2) is 6.79 Å². The second-order valence-corrected chi connectivity index (χ2v) is 7.27. The number of anilines is 1. The number of hydrogen-bond donors (Lipinski definition) is 1. The van der Waals surface area contributed by atoms with Gasteiger partial charge in [-0.25, -0.2) is 0 Å². The van der Waals surface area contributed by atoms with Gasteiger partial charge in [-0.3, -0.25) is 0 Å². The second-order valence-electron chi connectivity index (χ2n) is 7.27. The fourth-order valence-corrected chi connectivity index (χ4v) is 4.16. The first kappa shape index (κ1) is 17.8. The quantitative estimate of drug-likeness (QED) is 0.622. The molecule has 0 radical (unpaired) electrons. The zero-order chi connectivity index (χ0) is 18.0. The Morgan fingerprint density at radius 3 is 2.56 bits per heavy atom. The molecule has 0 saturated heterocycles. The maximum absolute atomic E-state index is 5.99. The third-order valence-electron chi connectivity index (χ3n) is 5.39. The molecule has 0 fully saturated rings. The van der Waals surface area contributed by atoms with Gasteiger partial charge in [0.25, 0.3) is 0 Å². The van der Waals surface area contributed by atoms with Crippen molar-refractivity contribution in [3.8, 4) is 5.75 Å². The summed E-state index contributed by atoms with van der Waals surface area (Å²) in [4.78, 5) is 0. The van der Waals surface area contributed by atoms with Gasteiger partial charge in [-0.2, -0.15) is 0 Å². The van der Waals surface area contributed by atoms with Gasteiger partial charge in [0, 0.05) is 18.4 Å². The van der Waals surface area contributed by atoms with Crippen LogP contribution in [0.3, 0.4) is 0 Å². The van der Waals surface area contributed by atoms with Crippen molar-refractivity contribution in [1.29, 1.82) is 0 Å². The Balaban J connectivity index is 2.02. The molecule has 25 heavy (non-hydrogen) atoms. The van der Waals surface area contributed by atoms with E-state index in [1.165, 1.54) is 46.2 Å². The largest absolute Gasteiger partial charge is 0.467 e. The zero-order valence-corrected chi connectivity index (χ0v) is 15.8. The van der Waals surface area contributed by atoms with E-state index < -0.39 is 0 Å². The molecule has 0 aromatic heterocycles. The minimum absolute atomic E-state index is 0.300. The van der Waals surface area contributed by atoms with E-state index in [9.17, 15) is 0 Å². The molecule has 0 spiro atoms. The monoisotopic (exact) mass is 339 g/mol. The number of methoxy groups -OCH3 is 1. The van der Waals surface area contributed by atoms with Gasteiger partial charge in [0.2, 0.25) is 0 Å². The Morgan fingerprint density at radius 1 is 1.16 bits per heavy atom. The molecule has 2 N–H and O–H groups in total. The molecule has 0 saturated carbocycles. The van der Waals surface area contributed by atoms with Gasteiger partial charge < -0.3 is 15.2 Å². The van der Waals surface area contributed by atoms with Crippen LogP contribution in [-0.4, -0.2) is 13.9 Å². The Bertz CT molecular complexity index is 744. The van der Waals surface area contributed by atoms with E-state index in [-0.39, 0.29) is 0 Å². The van der Waals surface area contributed by atoms with Crippen molar-refractivity contribution in [2.45, 2.75) is 52.4 Å². The van der Waals surface area contributed by atoms with Gasteiger partial charge in [0.05, 0.1) is 0 Å². The fourth-order valence-electron chi connectivity index (χ4n) is 4.16. The minimum Gasteiger partial charge on any atom is -0.467 e. The van der Waals surface area contributed by atoms with Crippen molar-refractivity contribution >= 4 is 5.69 Å². The number of nitrogens with two attached hydrogens (primary N) is 1. The van der Waals surface area contributed by atoms with Crippen LogP contribution >= 0.6 is 0 Å². The lowest BCUT2D eigenvalue weighted by atomic mass is 9.79. The molecule has 134 valence electrons. The number of aryl methyl sites for hydroxylation is 2. The highest BCUT2D eigenvalue weighted by atomic mass is 16.7. The molecule has 2 aromatic rings. The summed E-state index contributed by atoms with van der Waals surface area (Å²) in [6, 6.07) is 8.51. The van der Waals surface area contributed by atoms with E-state index >= 15 is 0 Å². The predicted octanol–water partition coefficient (Wildman–Crippen LogP) is 4.90. The highest BCUT2D eigenvalue weighted by Crippen LogP contribution is 2.40. The summed E-state index contributed by atoms with van der Waals surface area (Å²) in [5, 5.41) is 0. The molecule has 0 heterocycles. The van der Waals surface area contributed by atoms with Crippen LogP contribution in [0.5, 0.6) is 5.75 Å². The third-order valence-corrected chi connectivity index (χ3v) is 5.39. The molecule has 0 amide bonds. The molecular formula is C22H29NO2. The maximum atomic E-state index is 5.99. The molecule has 3 nitrogen and oxygen atoms in total. The van der Waals surface area contributed by atoms with Gasteiger partial charge in [-0.05, 0) is 91.5 Å². The average Bonchev–Trinajstić information content (AvgIpc) is 2.57. The number of benzene rings is 2. The summed E-state index contributed by atoms with van der Waals surface area (Å²) in [6.07, 6.45) is 4.55. The van der Waals surface area contributed by atoms with Crippen molar-refractivity contribution in [1.82, 2.24) is 0 Å². The van der Waals surface area contributed by atoms with Crippen LogP contribution in [0.25, 0.3) is 0 Å². The van der Waals surface area contributed by atoms with Crippen molar-refractivity contribution in [3.05, 3.63) is 57.6 Å². The third kappa shape index (κ3) is 3.67. The Labute approximate surface area is 151 Å². The molecule has 3 heteroatoms. The molecular weight excluding hydrogens is 310 g/mol. The van der Waals surface area contributed by atoms with Gasteiger partial charge in [-0.1, -0.05) is 13.0 Å². The summed E-state index contributed by atoms with van der Waals surface area (Å²) in [6.45, 7) is 6.92. The zero-order valence-electron chi connectivity index (χ0n) is 15.8. The average molecular weight is 339 g/mol. The highest BCUT2D eigenvalue weighted by molar-refractivity contribution is 5.53. The smallest absolute Gasteiger partial charge is 0.188 e. The van der Waals surface area contributed by atoms with Gasteiger partial charge in [-0.15, -0.1) is 0 Å². The molecule has 0 bridgehead atoms. The standard InChI is InChI=1S/C22H29NO2/c1-14-6-5-7-19-17(8-9-21(22(14)19)25-13-24-4)12-20-15(2)10-18(23)11-16(20)3/h8-11,14H,5-7,12-13,23H2,1-4H3. The topological polar surface area (TPSA) is 44.5 Å². The Hall–Kier alpha value is -2.00. The van der Waals surface area contributed by atoms with Crippen LogP contribution in [0, 0.1) is 13.8 Å². The number of rotatable bonds is 5. The van der Waals surface area contributed by atoms with Gasteiger partial charge >= 0.3 is 0 Å². The Morgan fingerprint density at radius 2 is 1.88 bits per heavy atom. The van der Waals surface area contributed by atoms with Gasteiger partial charge in [0.1, 0.15) is 5.75 Å². The highest BCUT2D eigenvalue weighted by Gasteiger charge is 2.24. The van der Waals surface area contributed by atoms with E-state index in [1.807, 2.05) is 0 Å². The number of fused-ring (bicyclic) bond motifs is 1. The van der Waals surface area contributed by atoms with Crippen LogP contribution in [0.4, 0.5) is 5.69 Å². The van der Waals surface area contributed by atoms with E-state index in [2.05, 4.69) is 45.0 Å². The van der Waals surface area contributed by atoms with E-state index in [0.29, 0.717) is 12.7 Å². The first-order valence-corrected chi connectivity index (χ1v) is 9.13. The first-order valence-electron chi connectivity index (χ1n) is 9.13. The number of ether oxygens (including phenoxy) is 2. The lowest BCUT2D eigenvalue weighted by Gasteiger charge is -2.28. The summed E-state index contributed by atoms with van der Waals surface area (Å²) in [7, 11) is 1.66. The van der Waals surface area contributed by atoms with Crippen LogP contribution in [0.15, 0.2) is 24.3 Å². The first-order chi connectivity index (χ1) is 12.0. The van der Waals surface area contributed by atoms with Crippen molar-refractivity contribution < 1.29 is 9.47 Å². The van der Waals surface area contributed by atoms with E-state index in [0.717, 1.165) is 24.3 Å². The molecule has 1 aliphatic rings. The summed E-state index contributed by atoms with van der Waals surface area (Å²) in [5.74, 6) is 1.52. The van der Waals surface area contributed by atoms with E-state index in [1.54, 1.807) is 7.11 Å². The van der Waals surface area contributed by atoms with Crippen LogP contribution < -0.4 is 10.5 Å². The molecule has 0 aliphatic heterocycles. The predicted molar refractivity (Wildman–Crippen MR) is 103 cm³/mol. The van der Waals surface area contributed by atoms with Crippen LogP contribution in [-0.2, 0) is 17.6 Å². The van der Waals surface area contributed by atoms with Crippen LogP contribution in [0.1, 0.15) is 59.1 Å². The summed E-state index contributed by atoms with van der Waals surface area (Å²) >= 11 is 0. The fraction of sp³-hybridized carbons (Fsp3) is 0.455. The van der Waals surface area contributed by atoms with E-state index in [4.69, 9.17) is 15.2 Å². The molecule has 1 atom stereocenters. The summed E-state index contributed by atoms with van der Waals surface area (Å²) in [5.41, 5.74) is 15.0. The van der Waals surface area contributed by atoms with Crippen molar-refractivity contribution in [3.63, 3.8) is 0 Å². The lowest BCUT2D eigenvalue weighted by Crippen LogP contribution is -2.14.